The van der Waals surface area contributed by atoms with Crippen LogP contribution in [0.4, 0.5) is 0 Å². The Bertz CT molecular complexity index is 1130. The van der Waals surface area contributed by atoms with E-state index in [1.54, 1.807) is 6.07 Å². The molecule has 6 unspecified atom stereocenters. The van der Waals surface area contributed by atoms with Crippen LogP contribution in [-0.2, 0) is 5.41 Å². The highest BCUT2D eigenvalue weighted by Crippen LogP contribution is 2.74. The molecule has 0 heterocycles. The van der Waals surface area contributed by atoms with Crippen molar-refractivity contribution in [2.45, 2.75) is 85.0 Å². The third-order valence-corrected chi connectivity index (χ3v) is 11.2. The third kappa shape index (κ3) is 2.52. The predicted octanol–water partition coefficient (Wildman–Crippen LogP) is 4.89. The standard InChI is InChI=1S/C29H40O3/c1-18-19-7-8-22-27(4,20(19)15-21(31)24(18)32)12-14-29(6)23-16-25(2,17-30)9-10-26(23,3)11-13-28(22,29)5/h7-8,15,23,30-32H,1,9-14,16-17H2,2-6H3. The molecule has 3 heteroatoms. The molecule has 32 heavy (non-hydrogen) atoms. The Morgan fingerprint density at radius 2 is 1.62 bits per heavy atom. The molecule has 6 atom stereocenters. The summed E-state index contributed by atoms with van der Waals surface area (Å²) >= 11 is 0. The van der Waals surface area contributed by atoms with Crippen molar-refractivity contribution in [1.82, 2.24) is 0 Å². The van der Waals surface area contributed by atoms with Gasteiger partial charge < -0.3 is 15.3 Å². The van der Waals surface area contributed by atoms with Gasteiger partial charge in [-0.3, -0.25) is 0 Å². The molecular weight excluding hydrogens is 396 g/mol. The highest BCUT2D eigenvalue weighted by atomic mass is 16.3. The summed E-state index contributed by atoms with van der Waals surface area (Å²) in [6, 6.07) is 1.78. The molecule has 3 nitrogen and oxygen atoms in total. The van der Waals surface area contributed by atoms with Crippen LogP contribution in [0.5, 0.6) is 11.5 Å². The van der Waals surface area contributed by atoms with E-state index >= 15 is 0 Å². The number of hydrogen-bond donors (Lipinski definition) is 3. The van der Waals surface area contributed by atoms with Crippen molar-refractivity contribution >= 4 is 12.7 Å². The van der Waals surface area contributed by atoms with Gasteiger partial charge in [0.1, 0.15) is 0 Å². The summed E-state index contributed by atoms with van der Waals surface area (Å²) in [6.45, 7) is 16.5. The molecule has 5 rings (SSSR count). The monoisotopic (exact) mass is 436 g/mol. The molecule has 0 bridgehead atoms. The maximum Gasteiger partial charge on any atom is 0.164 e. The van der Waals surface area contributed by atoms with Gasteiger partial charge in [0, 0.05) is 17.2 Å². The maximum absolute atomic E-state index is 10.4. The van der Waals surface area contributed by atoms with Crippen molar-refractivity contribution in [1.29, 1.82) is 0 Å². The number of aliphatic hydroxyl groups excluding tert-OH is 1. The van der Waals surface area contributed by atoms with Crippen LogP contribution in [0.25, 0.3) is 12.7 Å². The molecule has 0 saturated heterocycles. The number of rotatable bonds is 1. The molecule has 3 saturated carbocycles. The van der Waals surface area contributed by atoms with Crippen LogP contribution in [0.2, 0.25) is 0 Å². The summed E-state index contributed by atoms with van der Waals surface area (Å²) < 4.78 is 0. The van der Waals surface area contributed by atoms with E-state index in [0.29, 0.717) is 16.6 Å². The summed E-state index contributed by atoms with van der Waals surface area (Å²) in [5, 5.41) is 32.4. The average Bonchev–Trinajstić information content (AvgIpc) is 2.76. The van der Waals surface area contributed by atoms with Gasteiger partial charge in [0.15, 0.2) is 11.5 Å². The largest absolute Gasteiger partial charge is 0.504 e. The Morgan fingerprint density at radius 3 is 2.31 bits per heavy atom. The Kier molecular flexibility index (Phi) is 4.44. The first-order valence-electron chi connectivity index (χ1n) is 12.4. The van der Waals surface area contributed by atoms with Crippen molar-refractivity contribution < 1.29 is 15.3 Å². The molecule has 4 aliphatic rings. The van der Waals surface area contributed by atoms with Gasteiger partial charge >= 0.3 is 0 Å². The highest BCUT2D eigenvalue weighted by Gasteiger charge is 2.66. The van der Waals surface area contributed by atoms with Crippen molar-refractivity contribution in [2.75, 3.05) is 6.61 Å². The van der Waals surface area contributed by atoms with Crippen molar-refractivity contribution in [3.05, 3.63) is 33.7 Å². The fourth-order valence-electron chi connectivity index (χ4n) is 8.58. The SMILES string of the molecule is C=c1c(O)c(O)cc2c1=CC=C1C2(C)CCC2(C)C3CC(C)(CO)CCC3(C)CCC12C. The van der Waals surface area contributed by atoms with E-state index in [0.717, 1.165) is 36.5 Å². The van der Waals surface area contributed by atoms with E-state index in [-0.39, 0.29) is 39.8 Å². The molecule has 0 amide bonds. The highest BCUT2D eigenvalue weighted by molar-refractivity contribution is 5.61. The van der Waals surface area contributed by atoms with Gasteiger partial charge in [0.2, 0.25) is 0 Å². The number of phenolic OH excluding ortho intramolecular Hbond substituents is 2. The first-order valence-corrected chi connectivity index (χ1v) is 12.4. The average molecular weight is 437 g/mol. The van der Waals surface area contributed by atoms with E-state index in [4.69, 9.17) is 0 Å². The number of fused-ring (bicyclic) bond motifs is 7. The number of phenols is 2. The molecule has 0 radical (unpaired) electrons. The Hall–Kier alpha value is -1.74. The molecule has 0 spiro atoms. The minimum absolute atomic E-state index is 0.0257. The lowest BCUT2D eigenvalue weighted by molar-refractivity contribution is -0.163. The minimum Gasteiger partial charge on any atom is -0.504 e. The molecule has 3 N–H and O–H groups in total. The molecule has 3 fully saturated rings. The molecule has 1 aromatic carbocycles. The molecule has 0 aliphatic heterocycles. The summed E-state index contributed by atoms with van der Waals surface area (Å²) in [5.74, 6) is 0.416. The van der Waals surface area contributed by atoms with E-state index in [9.17, 15) is 15.3 Å². The topological polar surface area (TPSA) is 60.7 Å². The first kappa shape index (κ1) is 22.1. The number of benzene rings is 1. The van der Waals surface area contributed by atoms with Gasteiger partial charge in [-0.05, 0) is 89.4 Å². The summed E-state index contributed by atoms with van der Waals surface area (Å²) in [7, 11) is 0. The second-order valence-electron chi connectivity index (χ2n) is 12.9. The number of aliphatic hydroxyl groups is 1. The van der Waals surface area contributed by atoms with Crippen LogP contribution in [0, 0.1) is 27.6 Å². The van der Waals surface area contributed by atoms with Crippen LogP contribution >= 0.6 is 0 Å². The summed E-state index contributed by atoms with van der Waals surface area (Å²) in [4.78, 5) is 0. The minimum atomic E-state index is -0.168. The zero-order valence-corrected chi connectivity index (χ0v) is 20.5. The van der Waals surface area contributed by atoms with Gasteiger partial charge in [0.25, 0.3) is 0 Å². The van der Waals surface area contributed by atoms with Crippen molar-refractivity contribution in [3.8, 4) is 11.5 Å². The fourth-order valence-corrected chi connectivity index (χ4v) is 8.58. The number of hydrogen-bond acceptors (Lipinski definition) is 3. The summed E-state index contributed by atoms with van der Waals surface area (Å²) in [5.41, 5.74) is 3.01. The quantitative estimate of drug-likeness (QED) is 0.549. The summed E-state index contributed by atoms with van der Waals surface area (Å²) in [6.07, 6.45) is 12.5. The van der Waals surface area contributed by atoms with E-state index in [1.807, 2.05) is 0 Å². The molecule has 1 aromatic rings. The van der Waals surface area contributed by atoms with Gasteiger partial charge in [-0.25, -0.2) is 0 Å². The van der Waals surface area contributed by atoms with Gasteiger partial charge in [0.05, 0.1) is 0 Å². The predicted molar refractivity (Wildman–Crippen MR) is 130 cm³/mol. The second-order valence-corrected chi connectivity index (χ2v) is 12.9. The molecular formula is C29H40O3. The van der Waals surface area contributed by atoms with Gasteiger partial charge in [-0.2, -0.15) is 0 Å². The third-order valence-electron chi connectivity index (χ3n) is 11.2. The van der Waals surface area contributed by atoms with Crippen molar-refractivity contribution in [2.24, 2.45) is 27.6 Å². The molecule has 174 valence electrons. The van der Waals surface area contributed by atoms with Gasteiger partial charge in [-0.15, -0.1) is 0 Å². The Balaban J connectivity index is 1.68. The lowest BCUT2D eigenvalue weighted by Crippen LogP contribution is -2.62. The first-order chi connectivity index (χ1) is 14.8. The molecule has 4 aliphatic carbocycles. The number of aromatic hydroxyl groups is 2. The zero-order valence-electron chi connectivity index (χ0n) is 20.5. The van der Waals surface area contributed by atoms with Crippen LogP contribution < -0.4 is 10.4 Å². The van der Waals surface area contributed by atoms with Crippen LogP contribution in [-0.4, -0.2) is 21.9 Å². The van der Waals surface area contributed by atoms with Crippen LogP contribution in [0.3, 0.4) is 0 Å². The lowest BCUT2D eigenvalue weighted by atomic mass is 9.35. The lowest BCUT2D eigenvalue weighted by Gasteiger charge is -2.69. The second kappa shape index (κ2) is 6.44. The fraction of sp³-hybridized carbons (Fsp3) is 0.655. The normalized spacial score (nSPS) is 44.9. The smallest absolute Gasteiger partial charge is 0.164 e. The van der Waals surface area contributed by atoms with E-state index in [2.05, 4.69) is 53.3 Å². The molecule has 0 aromatic heterocycles. The Labute approximate surface area is 192 Å². The zero-order chi connectivity index (χ0) is 23.3. The number of allylic oxidation sites excluding steroid dienone is 2. The van der Waals surface area contributed by atoms with Crippen LogP contribution in [0.1, 0.15) is 85.1 Å². The van der Waals surface area contributed by atoms with E-state index < -0.39 is 0 Å². The van der Waals surface area contributed by atoms with Gasteiger partial charge in [-0.1, -0.05) is 58.9 Å². The Morgan fingerprint density at radius 1 is 0.938 bits per heavy atom. The maximum atomic E-state index is 10.4. The van der Waals surface area contributed by atoms with Crippen LogP contribution in [0.15, 0.2) is 17.7 Å². The van der Waals surface area contributed by atoms with E-state index in [1.165, 1.54) is 24.8 Å². The van der Waals surface area contributed by atoms with Crippen molar-refractivity contribution in [3.63, 3.8) is 0 Å².